The van der Waals surface area contributed by atoms with E-state index in [1.54, 1.807) is 0 Å². The number of aliphatic hydroxyl groups is 1. The highest BCUT2D eigenvalue weighted by Gasteiger charge is 2.24. The van der Waals surface area contributed by atoms with Crippen LogP contribution in [0.25, 0.3) is 0 Å². The number of hydrogen-bond donors (Lipinski definition) is 1. The number of aliphatic hydroxyl groups excluding tert-OH is 1. The van der Waals surface area contributed by atoms with Crippen LogP contribution in [-0.4, -0.2) is 36.0 Å². The average molecular weight is 359 g/mol. The summed E-state index contributed by atoms with van der Waals surface area (Å²) in [5, 5.41) is 9.17. The number of hydrogen-bond acceptors (Lipinski definition) is 4. The number of carbonyl (C=O) groups is 1. The quantitative estimate of drug-likeness (QED) is 0.279. The van der Waals surface area contributed by atoms with E-state index in [-0.39, 0.29) is 0 Å². The summed E-state index contributed by atoms with van der Waals surface area (Å²) >= 11 is 0. The Morgan fingerprint density at radius 2 is 1.36 bits per heavy atom. The molecule has 150 valence electrons. The molecule has 0 bridgehead atoms. The highest BCUT2D eigenvalue weighted by molar-refractivity contribution is 5.74. The number of ether oxygens (including phenoxy) is 2. The third-order valence-corrected chi connectivity index (χ3v) is 4.46. The van der Waals surface area contributed by atoms with Crippen LogP contribution in [0.4, 0.5) is 0 Å². The molecule has 0 amide bonds. The highest BCUT2D eigenvalue weighted by atomic mass is 16.6. The first kappa shape index (κ1) is 24.4. The Morgan fingerprint density at radius 3 is 1.84 bits per heavy atom. The van der Waals surface area contributed by atoms with E-state index in [1.807, 2.05) is 13.8 Å². The Balaban J connectivity index is 3.34. The van der Waals surface area contributed by atoms with Gasteiger partial charge in [0.25, 0.3) is 0 Å². The van der Waals surface area contributed by atoms with Crippen molar-refractivity contribution >= 4 is 5.97 Å². The first-order chi connectivity index (χ1) is 11.9. The van der Waals surface area contributed by atoms with Crippen LogP contribution in [0.2, 0.25) is 0 Å². The molecule has 0 aromatic heterocycles. The Kier molecular flexibility index (Phi) is 15.2. The van der Waals surface area contributed by atoms with Crippen LogP contribution in [0, 0.1) is 0 Å². The molecule has 0 radical (unpaired) electrons. The summed E-state index contributed by atoms with van der Waals surface area (Å²) in [6, 6.07) is 0. The summed E-state index contributed by atoms with van der Waals surface area (Å²) in [7, 11) is 0. The SMILES string of the molecule is CCCCCCCCCCCCCOCCC(C)(C)OC(=O)C(C)O. The van der Waals surface area contributed by atoms with E-state index < -0.39 is 17.7 Å². The molecule has 0 aromatic carbocycles. The Hall–Kier alpha value is -0.610. The monoisotopic (exact) mass is 358 g/mol. The van der Waals surface area contributed by atoms with Gasteiger partial charge in [-0.1, -0.05) is 71.1 Å². The van der Waals surface area contributed by atoms with E-state index in [9.17, 15) is 9.90 Å². The van der Waals surface area contributed by atoms with Gasteiger partial charge in [-0.25, -0.2) is 4.79 Å². The van der Waals surface area contributed by atoms with Gasteiger partial charge in [0.1, 0.15) is 11.7 Å². The lowest BCUT2D eigenvalue weighted by Gasteiger charge is -2.25. The summed E-state index contributed by atoms with van der Waals surface area (Å²) in [5.74, 6) is -0.574. The van der Waals surface area contributed by atoms with Crippen molar-refractivity contribution in [2.45, 2.75) is 116 Å². The number of carbonyl (C=O) groups excluding carboxylic acids is 1. The standard InChI is InChI=1S/C21H42O4/c1-5-6-7-8-9-10-11-12-13-14-15-17-24-18-16-21(3,4)25-20(23)19(2)22/h19,22H,5-18H2,1-4H3. The largest absolute Gasteiger partial charge is 0.458 e. The molecule has 4 nitrogen and oxygen atoms in total. The smallest absolute Gasteiger partial charge is 0.335 e. The molecular weight excluding hydrogens is 316 g/mol. The van der Waals surface area contributed by atoms with Gasteiger partial charge in [0.05, 0.1) is 6.61 Å². The van der Waals surface area contributed by atoms with E-state index in [0.717, 1.165) is 13.0 Å². The van der Waals surface area contributed by atoms with Crippen LogP contribution in [0.5, 0.6) is 0 Å². The van der Waals surface area contributed by atoms with Gasteiger partial charge < -0.3 is 14.6 Å². The first-order valence-electron chi connectivity index (χ1n) is 10.4. The molecule has 0 aliphatic carbocycles. The second-order valence-electron chi connectivity index (χ2n) is 7.75. The van der Waals surface area contributed by atoms with Crippen LogP contribution >= 0.6 is 0 Å². The molecule has 0 saturated carbocycles. The van der Waals surface area contributed by atoms with Gasteiger partial charge in [0.2, 0.25) is 0 Å². The zero-order chi connectivity index (χ0) is 19.0. The summed E-state index contributed by atoms with van der Waals surface area (Å²) < 4.78 is 10.9. The van der Waals surface area contributed by atoms with Crippen molar-refractivity contribution in [1.82, 2.24) is 0 Å². The van der Waals surface area contributed by atoms with Crippen molar-refractivity contribution in [3.05, 3.63) is 0 Å². The molecule has 0 fully saturated rings. The minimum atomic E-state index is -1.07. The first-order valence-corrected chi connectivity index (χ1v) is 10.4. The van der Waals surface area contributed by atoms with Gasteiger partial charge in [0.15, 0.2) is 0 Å². The normalized spacial score (nSPS) is 13.0. The molecule has 0 heterocycles. The number of esters is 1. The molecule has 1 unspecified atom stereocenters. The van der Waals surface area contributed by atoms with Crippen LogP contribution in [-0.2, 0) is 14.3 Å². The lowest BCUT2D eigenvalue weighted by Crippen LogP contribution is -2.33. The summed E-state index contributed by atoms with van der Waals surface area (Å²) in [5.41, 5.74) is -0.592. The molecular formula is C21H42O4. The molecule has 0 aliphatic rings. The van der Waals surface area contributed by atoms with Gasteiger partial charge in [0, 0.05) is 13.0 Å². The minimum Gasteiger partial charge on any atom is -0.458 e. The maximum atomic E-state index is 11.4. The second-order valence-corrected chi connectivity index (χ2v) is 7.75. The Morgan fingerprint density at radius 1 is 0.880 bits per heavy atom. The summed E-state index contributed by atoms with van der Waals surface area (Å²) in [6.45, 7) is 8.73. The fourth-order valence-electron chi connectivity index (χ4n) is 2.70. The van der Waals surface area contributed by atoms with Gasteiger partial charge in [-0.3, -0.25) is 0 Å². The van der Waals surface area contributed by atoms with Crippen molar-refractivity contribution in [2.75, 3.05) is 13.2 Å². The Bertz CT molecular complexity index is 313. The lowest BCUT2D eigenvalue weighted by atomic mass is 10.1. The van der Waals surface area contributed by atoms with Crippen molar-refractivity contribution < 1.29 is 19.4 Å². The van der Waals surface area contributed by atoms with Crippen molar-refractivity contribution in [2.24, 2.45) is 0 Å². The maximum Gasteiger partial charge on any atom is 0.335 e. The molecule has 0 saturated heterocycles. The van der Waals surface area contributed by atoms with Crippen LogP contribution < -0.4 is 0 Å². The van der Waals surface area contributed by atoms with Gasteiger partial charge >= 0.3 is 5.97 Å². The molecule has 0 rings (SSSR count). The highest BCUT2D eigenvalue weighted by Crippen LogP contribution is 2.16. The molecule has 0 aromatic rings. The topological polar surface area (TPSA) is 55.8 Å². The van der Waals surface area contributed by atoms with Gasteiger partial charge in [-0.2, -0.15) is 0 Å². The fraction of sp³-hybridized carbons (Fsp3) is 0.952. The van der Waals surface area contributed by atoms with Crippen LogP contribution in [0.1, 0.15) is 105 Å². The van der Waals surface area contributed by atoms with E-state index >= 15 is 0 Å². The molecule has 1 N–H and O–H groups in total. The van der Waals surface area contributed by atoms with Crippen LogP contribution in [0.3, 0.4) is 0 Å². The third kappa shape index (κ3) is 16.6. The van der Waals surface area contributed by atoms with E-state index in [4.69, 9.17) is 9.47 Å². The average Bonchev–Trinajstić information content (AvgIpc) is 2.54. The van der Waals surface area contributed by atoms with Crippen molar-refractivity contribution in [3.8, 4) is 0 Å². The number of unbranched alkanes of at least 4 members (excludes halogenated alkanes) is 10. The zero-order valence-electron chi connectivity index (χ0n) is 17.1. The predicted octanol–water partition coefficient (Wildman–Crippen LogP) is 5.41. The van der Waals surface area contributed by atoms with Gasteiger partial charge in [-0.15, -0.1) is 0 Å². The zero-order valence-corrected chi connectivity index (χ0v) is 17.1. The number of rotatable bonds is 17. The molecule has 0 aliphatic heterocycles. The summed E-state index contributed by atoms with van der Waals surface area (Å²) in [6.07, 6.45) is 14.2. The molecule has 0 spiro atoms. The minimum absolute atomic E-state index is 0.574. The fourth-order valence-corrected chi connectivity index (χ4v) is 2.70. The second kappa shape index (κ2) is 15.6. The molecule has 4 heteroatoms. The lowest BCUT2D eigenvalue weighted by molar-refractivity contribution is -0.167. The Labute approximate surface area is 155 Å². The predicted molar refractivity (Wildman–Crippen MR) is 104 cm³/mol. The van der Waals surface area contributed by atoms with Crippen molar-refractivity contribution in [3.63, 3.8) is 0 Å². The van der Waals surface area contributed by atoms with E-state index in [1.165, 1.54) is 71.1 Å². The third-order valence-electron chi connectivity index (χ3n) is 4.46. The van der Waals surface area contributed by atoms with E-state index in [2.05, 4.69) is 6.92 Å². The van der Waals surface area contributed by atoms with Crippen LogP contribution in [0.15, 0.2) is 0 Å². The van der Waals surface area contributed by atoms with Crippen molar-refractivity contribution in [1.29, 1.82) is 0 Å². The maximum absolute atomic E-state index is 11.4. The van der Waals surface area contributed by atoms with E-state index in [0.29, 0.717) is 13.0 Å². The molecule has 25 heavy (non-hydrogen) atoms. The van der Waals surface area contributed by atoms with Gasteiger partial charge in [-0.05, 0) is 27.2 Å². The molecule has 1 atom stereocenters. The summed E-state index contributed by atoms with van der Waals surface area (Å²) in [4.78, 5) is 11.4.